The fraction of sp³-hybridized carbons (Fsp3) is 0.214. The Kier molecular flexibility index (Phi) is 3.92. The van der Waals surface area contributed by atoms with Gasteiger partial charge in [-0.05, 0) is 17.7 Å². The molecular formula is C14H10Cl2N4O2. The van der Waals surface area contributed by atoms with Crippen molar-refractivity contribution in [2.24, 2.45) is 0 Å². The van der Waals surface area contributed by atoms with Gasteiger partial charge in [-0.15, -0.1) is 6.42 Å². The van der Waals surface area contributed by atoms with Crippen LogP contribution in [0.25, 0.3) is 0 Å². The summed E-state index contributed by atoms with van der Waals surface area (Å²) in [4.78, 5) is 15.8. The van der Waals surface area contributed by atoms with E-state index in [4.69, 9.17) is 34.4 Å². The van der Waals surface area contributed by atoms with E-state index < -0.39 is 0 Å². The topological polar surface area (TPSA) is 69.0 Å². The molecule has 3 rings (SSSR count). The number of aromatic nitrogens is 3. The number of amides is 1. The Balaban J connectivity index is 2.00. The number of rotatable bonds is 3. The van der Waals surface area contributed by atoms with Gasteiger partial charge in [0.15, 0.2) is 5.75 Å². The van der Waals surface area contributed by atoms with Crippen LogP contribution in [0.2, 0.25) is 10.0 Å². The Bertz CT molecular complexity index is 758. The predicted octanol–water partition coefficient (Wildman–Crippen LogP) is 2.53. The summed E-state index contributed by atoms with van der Waals surface area (Å²) in [5.41, 5.74) is 0.740. The number of nitrogens with one attached hydrogen (secondary N) is 1. The van der Waals surface area contributed by atoms with Crippen LogP contribution in [0.4, 0.5) is 5.95 Å². The van der Waals surface area contributed by atoms with Crippen molar-refractivity contribution >= 4 is 35.1 Å². The third-order valence-corrected chi connectivity index (χ3v) is 3.76. The van der Waals surface area contributed by atoms with Gasteiger partial charge in [0, 0.05) is 0 Å². The average Bonchev–Trinajstić information content (AvgIpc) is 2.93. The van der Waals surface area contributed by atoms with E-state index in [9.17, 15) is 4.79 Å². The first kappa shape index (κ1) is 14.7. The summed E-state index contributed by atoms with van der Waals surface area (Å²) >= 11 is 12.4. The maximum absolute atomic E-state index is 11.8. The number of hydrogen-bond acceptors (Lipinski definition) is 4. The van der Waals surface area contributed by atoms with Gasteiger partial charge in [0.1, 0.15) is 12.9 Å². The molecule has 8 heteroatoms. The summed E-state index contributed by atoms with van der Waals surface area (Å²) in [6, 6.07) is 3.05. The molecule has 2 heterocycles. The summed E-state index contributed by atoms with van der Waals surface area (Å²) in [7, 11) is 0. The zero-order chi connectivity index (χ0) is 15.7. The van der Waals surface area contributed by atoms with Crippen LogP contribution in [-0.2, 0) is 4.79 Å². The quantitative estimate of drug-likeness (QED) is 0.874. The molecule has 2 aromatic rings. The number of fused-ring (bicyclic) bond motifs is 1. The van der Waals surface area contributed by atoms with E-state index in [1.807, 2.05) is 0 Å². The second-order valence-electron chi connectivity index (χ2n) is 4.60. The number of anilines is 1. The molecule has 1 atom stereocenters. The van der Waals surface area contributed by atoms with Crippen molar-refractivity contribution in [1.29, 1.82) is 0 Å². The highest BCUT2D eigenvalue weighted by Crippen LogP contribution is 2.38. The molecule has 0 unspecified atom stereocenters. The molecule has 6 nitrogen and oxygen atoms in total. The van der Waals surface area contributed by atoms with E-state index in [0.717, 1.165) is 5.56 Å². The second-order valence-corrected chi connectivity index (χ2v) is 5.42. The molecule has 0 radical (unpaired) electrons. The second kappa shape index (κ2) is 5.87. The van der Waals surface area contributed by atoms with Crippen LogP contribution in [-0.4, -0.2) is 27.3 Å². The number of carbonyl (C=O) groups is 1. The predicted molar refractivity (Wildman–Crippen MR) is 82.2 cm³/mol. The molecule has 0 aliphatic carbocycles. The third kappa shape index (κ3) is 2.61. The SMILES string of the molecule is C#CCOc1c(Cl)cc([C@@H]2CC(=O)Nc3ncnn32)cc1Cl. The van der Waals surface area contributed by atoms with Crippen molar-refractivity contribution in [2.75, 3.05) is 11.9 Å². The van der Waals surface area contributed by atoms with Crippen molar-refractivity contribution in [3.8, 4) is 18.1 Å². The molecule has 1 aliphatic heterocycles. The lowest BCUT2D eigenvalue weighted by atomic mass is 10.0. The zero-order valence-electron chi connectivity index (χ0n) is 11.2. The van der Waals surface area contributed by atoms with Gasteiger partial charge in [-0.1, -0.05) is 29.1 Å². The number of benzene rings is 1. The molecule has 0 spiro atoms. The summed E-state index contributed by atoms with van der Waals surface area (Å²) in [6.07, 6.45) is 6.75. The van der Waals surface area contributed by atoms with Gasteiger partial charge in [0.25, 0.3) is 0 Å². The lowest BCUT2D eigenvalue weighted by Gasteiger charge is -2.24. The highest BCUT2D eigenvalue weighted by molar-refractivity contribution is 6.37. The molecule has 0 saturated carbocycles. The van der Waals surface area contributed by atoms with Crippen molar-refractivity contribution < 1.29 is 9.53 Å². The molecule has 1 aliphatic rings. The average molecular weight is 337 g/mol. The van der Waals surface area contributed by atoms with Crippen molar-refractivity contribution in [1.82, 2.24) is 14.8 Å². The maximum atomic E-state index is 11.8. The Morgan fingerprint density at radius 1 is 1.45 bits per heavy atom. The Morgan fingerprint density at radius 2 is 2.18 bits per heavy atom. The van der Waals surface area contributed by atoms with Gasteiger partial charge < -0.3 is 4.74 Å². The lowest BCUT2D eigenvalue weighted by Crippen LogP contribution is -2.29. The van der Waals surface area contributed by atoms with Crippen LogP contribution >= 0.6 is 23.2 Å². The van der Waals surface area contributed by atoms with E-state index in [-0.39, 0.29) is 25.0 Å². The molecule has 1 amide bonds. The number of halogens is 2. The highest BCUT2D eigenvalue weighted by atomic mass is 35.5. The first-order valence-electron chi connectivity index (χ1n) is 6.34. The molecule has 1 aromatic carbocycles. The van der Waals surface area contributed by atoms with Crippen LogP contribution in [0.15, 0.2) is 18.5 Å². The lowest BCUT2D eigenvalue weighted by molar-refractivity contribution is -0.117. The number of nitrogens with zero attached hydrogens (tertiary/aromatic N) is 3. The van der Waals surface area contributed by atoms with E-state index in [0.29, 0.717) is 21.7 Å². The Morgan fingerprint density at radius 3 is 2.86 bits per heavy atom. The monoisotopic (exact) mass is 336 g/mol. The van der Waals surface area contributed by atoms with E-state index in [2.05, 4.69) is 21.3 Å². The molecule has 0 saturated heterocycles. The van der Waals surface area contributed by atoms with Gasteiger partial charge in [0.2, 0.25) is 11.9 Å². The normalized spacial score (nSPS) is 16.6. The third-order valence-electron chi connectivity index (χ3n) is 3.20. The highest BCUT2D eigenvalue weighted by Gasteiger charge is 2.28. The van der Waals surface area contributed by atoms with Crippen LogP contribution in [0, 0.1) is 12.3 Å². The molecule has 0 fully saturated rings. The van der Waals surface area contributed by atoms with Crippen molar-refractivity contribution in [2.45, 2.75) is 12.5 Å². The summed E-state index contributed by atoms with van der Waals surface area (Å²) in [5.74, 6) is 2.91. The largest absolute Gasteiger partial charge is 0.478 e. The van der Waals surface area contributed by atoms with Crippen LogP contribution in [0.3, 0.4) is 0 Å². The summed E-state index contributed by atoms with van der Waals surface area (Å²) in [5, 5.41) is 7.42. The Hall–Kier alpha value is -2.23. The fourth-order valence-electron chi connectivity index (χ4n) is 2.29. The molecule has 0 bridgehead atoms. The zero-order valence-corrected chi connectivity index (χ0v) is 12.7. The van der Waals surface area contributed by atoms with E-state index in [1.54, 1.807) is 16.8 Å². The smallest absolute Gasteiger partial charge is 0.229 e. The Labute approximate surface area is 136 Å². The van der Waals surface area contributed by atoms with Crippen LogP contribution in [0.1, 0.15) is 18.0 Å². The molecule has 1 N–H and O–H groups in total. The van der Waals surface area contributed by atoms with Gasteiger partial charge in [-0.2, -0.15) is 10.1 Å². The van der Waals surface area contributed by atoms with Gasteiger partial charge in [-0.25, -0.2) is 4.68 Å². The minimum Gasteiger partial charge on any atom is -0.478 e. The number of ether oxygens (including phenoxy) is 1. The van der Waals surface area contributed by atoms with E-state index in [1.165, 1.54) is 6.33 Å². The van der Waals surface area contributed by atoms with Gasteiger partial charge in [0.05, 0.1) is 22.5 Å². The van der Waals surface area contributed by atoms with Gasteiger partial charge >= 0.3 is 0 Å². The molecule has 112 valence electrons. The number of terminal acetylenes is 1. The standard InChI is InChI=1S/C14H10Cl2N4O2/c1-2-3-22-13-9(15)4-8(5-10(13)16)11-6-12(21)19-14-17-7-18-20(11)14/h1,4-5,7,11H,3,6H2,(H,17,18,19,21)/t11-/m0/s1. The van der Waals surface area contributed by atoms with Crippen molar-refractivity contribution in [3.63, 3.8) is 0 Å². The van der Waals surface area contributed by atoms with E-state index >= 15 is 0 Å². The van der Waals surface area contributed by atoms with Crippen molar-refractivity contribution in [3.05, 3.63) is 34.1 Å². The maximum Gasteiger partial charge on any atom is 0.229 e. The molecular weight excluding hydrogens is 327 g/mol. The number of hydrogen-bond donors (Lipinski definition) is 1. The molecule has 22 heavy (non-hydrogen) atoms. The minimum atomic E-state index is -0.331. The summed E-state index contributed by atoms with van der Waals surface area (Å²) in [6.45, 7) is 0.0673. The molecule has 1 aromatic heterocycles. The van der Waals surface area contributed by atoms with Crippen LogP contribution in [0.5, 0.6) is 5.75 Å². The summed E-state index contributed by atoms with van der Waals surface area (Å²) < 4.78 is 6.94. The fourth-order valence-corrected chi connectivity index (χ4v) is 2.90. The first-order chi connectivity index (χ1) is 10.6. The number of carbonyl (C=O) groups excluding carboxylic acids is 1. The van der Waals surface area contributed by atoms with Crippen LogP contribution < -0.4 is 10.1 Å². The minimum absolute atomic E-state index is 0.0673. The first-order valence-corrected chi connectivity index (χ1v) is 7.10. The van der Waals surface area contributed by atoms with Gasteiger partial charge in [-0.3, -0.25) is 10.1 Å².